The van der Waals surface area contributed by atoms with Crippen molar-refractivity contribution in [1.29, 1.82) is 0 Å². The molecule has 202 valence electrons. The lowest BCUT2D eigenvalue weighted by atomic mass is 10.0. The molecule has 0 spiro atoms. The Morgan fingerprint density at radius 1 is 0.605 bits per heavy atom. The third-order valence-corrected chi connectivity index (χ3v) is 4.95. The summed E-state index contributed by atoms with van der Waals surface area (Å²) in [6.45, 7) is 16.4. The second-order valence-corrected chi connectivity index (χ2v) is 8.59. The van der Waals surface area contributed by atoms with Crippen molar-refractivity contribution < 1.29 is 38.1 Å². The van der Waals surface area contributed by atoms with Crippen LogP contribution in [0.2, 0.25) is 0 Å². The summed E-state index contributed by atoms with van der Waals surface area (Å²) < 4.78 is 27.3. The molecule has 0 N–H and O–H groups in total. The Bertz CT molecular complexity index is 1180. The van der Waals surface area contributed by atoms with Crippen molar-refractivity contribution in [2.45, 2.75) is 33.6 Å². The Labute approximate surface area is 223 Å². The lowest BCUT2D eigenvalue weighted by Crippen LogP contribution is -2.11. The second kappa shape index (κ2) is 15.0. The number of rotatable bonds is 15. The van der Waals surface area contributed by atoms with Gasteiger partial charge in [0.15, 0.2) is 11.5 Å². The van der Waals surface area contributed by atoms with Crippen molar-refractivity contribution in [3.8, 4) is 28.4 Å². The molecule has 2 rings (SSSR count). The van der Waals surface area contributed by atoms with E-state index in [4.69, 9.17) is 23.7 Å². The van der Waals surface area contributed by atoms with Gasteiger partial charge < -0.3 is 23.7 Å². The average Bonchev–Trinajstić information content (AvgIpc) is 2.88. The van der Waals surface area contributed by atoms with Crippen LogP contribution in [-0.2, 0) is 23.9 Å². The highest BCUT2D eigenvalue weighted by Crippen LogP contribution is 2.34. The van der Waals surface area contributed by atoms with Crippen LogP contribution in [0.1, 0.15) is 33.6 Å². The molecule has 0 amide bonds. The van der Waals surface area contributed by atoms with Crippen molar-refractivity contribution in [3.63, 3.8) is 0 Å². The Hall–Kier alpha value is -4.33. The van der Waals surface area contributed by atoms with Gasteiger partial charge in [0, 0.05) is 29.6 Å². The molecular formula is C30H34O8. The summed E-state index contributed by atoms with van der Waals surface area (Å²) in [5.74, 6) is 0.0661. The topological polar surface area (TPSA) is 97.4 Å². The largest absolute Gasteiger partial charge is 0.490 e. The van der Waals surface area contributed by atoms with Gasteiger partial charge in [0.1, 0.15) is 5.75 Å². The number of carbonyl (C=O) groups excluding carboxylic acids is 3. The SMILES string of the molecule is C=C(C)C(=O)OCCCOc1ccc(-c2ccc(OC(=O)C(=C)C)cc2)cc1OCCCOC(=O)C(=C)C. The fourth-order valence-corrected chi connectivity index (χ4v) is 2.89. The smallest absolute Gasteiger partial charge is 0.338 e. The Morgan fingerprint density at radius 2 is 1.08 bits per heavy atom. The number of hydrogen-bond acceptors (Lipinski definition) is 8. The summed E-state index contributed by atoms with van der Waals surface area (Å²) in [6, 6.07) is 12.6. The molecule has 0 fully saturated rings. The van der Waals surface area contributed by atoms with Gasteiger partial charge in [-0.15, -0.1) is 0 Å². The van der Waals surface area contributed by atoms with Crippen molar-refractivity contribution in [2.75, 3.05) is 26.4 Å². The predicted molar refractivity (Wildman–Crippen MR) is 144 cm³/mol. The molecule has 0 bridgehead atoms. The van der Waals surface area contributed by atoms with Gasteiger partial charge in [-0.05, 0) is 56.2 Å². The van der Waals surface area contributed by atoms with Gasteiger partial charge in [-0.3, -0.25) is 0 Å². The molecule has 8 heteroatoms. The first-order valence-electron chi connectivity index (χ1n) is 12.1. The zero-order valence-corrected chi connectivity index (χ0v) is 22.2. The van der Waals surface area contributed by atoms with Gasteiger partial charge in [-0.2, -0.15) is 0 Å². The number of carbonyl (C=O) groups is 3. The first kappa shape index (κ1) is 29.9. The summed E-state index contributed by atoms with van der Waals surface area (Å²) in [4.78, 5) is 34.8. The number of hydrogen-bond donors (Lipinski definition) is 0. The van der Waals surface area contributed by atoms with Crippen LogP contribution >= 0.6 is 0 Å². The van der Waals surface area contributed by atoms with Gasteiger partial charge in [-0.25, -0.2) is 14.4 Å². The molecule has 0 heterocycles. The van der Waals surface area contributed by atoms with E-state index < -0.39 is 17.9 Å². The van der Waals surface area contributed by atoms with Crippen molar-refractivity contribution >= 4 is 17.9 Å². The van der Waals surface area contributed by atoms with Crippen LogP contribution in [0.15, 0.2) is 78.9 Å². The van der Waals surface area contributed by atoms with Crippen LogP contribution in [0.5, 0.6) is 17.2 Å². The zero-order valence-electron chi connectivity index (χ0n) is 22.2. The third-order valence-electron chi connectivity index (χ3n) is 4.95. The zero-order chi connectivity index (χ0) is 28.1. The summed E-state index contributed by atoms with van der Waals surface area (Å²) in [7, 11) is 0. The van der Waals surface area contributed by atoms with Crippen LogP contribution in [-0.4, -0.2) is 44.3 Å². The monoisotopic (exact) mass is 522 g/mol. The third kappa shape index (κ3) is 9.97. The second-order valence-electron chi connectivity index (χ2n) is 8.59. The minimum atomic E-state index is -0.488. The molecule has 0 aliphatic rings. The van der Waals surface area contributed by atoms with E-state index in [1.54, 1.807) is 39.0 Å². The number of esters is 3. The summed E-state index contributed by atoms with van der Waals surface area (Å²) in [6.07, 6.45) is 0.962. The molecule has 2 aromatic rings. The molecule has 0 atom stereocenters. The van der Waals surface area contributed by atoms with E-state index in [0.717, 1.165) is 11.1 Å². The van der Waals surface area contributed by atoms with Crippen molar-refractivity contribution in [1.82, 2.24) is 0 Å². The molecule has 0 aliphatic heterocycles. The molecule has 0 aliphatic carbocycles. The van der Waals surface area contributed by atoms with Crippen LogP contribution in [0.3, 0.4) is 0 Å². The van der Waals surface area contributed by atoms with E-state index in [2.05, 4.69) is 19.7 Å². The summed E-state index contributed by atoms with van der Waals surface area (Å²) >= 11 is 0. The molecule has 0 saturated carbocycles. The maximum atomic E-state index is 11.7. The highest BCUT2D eigenvalue weighted by Gasteiger charge is 2.11. The predicted octanol–water partition coefficient (Wildman–Crippen LogP) is 5.61. The maximum Gasteiger partial charge on any atom is 0.338 e. The molecule has 0 aromatic heterocycles. The molecule has 0 radical (unpaired) electrons. The molecule has 8 nitrogen and oxygen atoms in total. The summed E-state index contributed by atoms with van der Waals surface area (Å²) in [5.41, 5.74) is 2.72. The van der Waals surface area contributed by atoms with E-state index in [1.807, 2.05) is 24.3 Å². The van der Waals surface area contributed by atoms with Gasteiger partial charge >= 0.3 is 17.9 Å². The molecule has 0 unspecified atom stereocenters. The first-order valence-corrected chi connectivity index (χ1v) is 12.1. The standard InChI is InChI=1S/C30H34O8/c1-20(2)28(31)36-17-7-15-34-26-14-11-24(19-27(26)35-16-8-18-37-29(32)21(3)4)23-9-12-25(13-10-23)38-30(33)22(5)6/h9-14,19H,1,3,5,7-8,15-18H2,2,4,6H3. The molecular weight excluding hydrogens is 488 g/mol. The Balaban J connectivity index is 2.07. The highest BCUT2D eigenvalue weighted by molar-refractivity contribution is 5.89. The van der Waals surface area contributed by atoms with Gasteiger partial charge in [0.25, 0.3) is 0 Å². The minimum absolute atomic E-state index is 0.194. The highest BCUT2D eigenvalue weighted by atomic mass is 16.5. The molecule has 2 aromatic carbocycles. The van der Waals surface area contributed by atoms with E-state index in [9.17, 15) is 14.4 Å². The molecule has 38 heavy (non-hydrogen) atoms. The lowest BCUT2D eigenvalue weighted by Gasteiger charge is -2.15. The van der Waals surface area contributed by atoms with Gasteiger partial charge in [-0.1, -0.05) is 37.9 Å². The van der Waals surface area contributed by atoms with Crippen LogP contribution < -0.4 is 14.2 Å². The van der Waals surface area contributed by atoms with Crippen molar-refractivity contribution in [3.05, 3.63) is 78.9 Å². The van der Waals surface area contributed by atoms with E-state index >= 15 is 0 Å². The lowest BCUT2D eigenvalue weighted by molar-refractivity contribution is -0.140. The van der Waals surface area contributed by atoms with Crippen LogP contribution in [0, 0.1) is 0 Å². The Kier molecular flexibility index (Phi) is 11.8. The first-order chi connectivity index (χ1) is 18.1. The maximum absolute atomic E-state index is 11.7. The van der Waals surface area contributed by atoms with Gasteiger partial charge in [0.05, 0.1) is 26.4 Å². The molecule has 0 saturated heterocycles. The summed E-state index contributed by atoms with van der Waals surface area (Å²) in [5, 5.41) is 0. The average molecular weight is 523 g/mol. The van der Waals surface area contributed by atoms with Crippen molar-refractivity contribution in [2.24, 2.45) is 0 Å². The fraction of sp³-hybridized carbons (Fsp3) is 0.300. The van der Waals surface area contributed by atoms with E-state index in [1.165, 1.54) is 0 Å². The van der Waals surface area contributed by atoms with Crippen LogP contribution in [0.25, 0.3) is 11.1 Å². The minimum Gasteiger partial charge on any atom is -0.490 e. The van der Waals surface area contributed by atoms with Gasteiger partial charge in [0.2, 0.25) is 0 Å². The Morgan fingerprint density at radius 3 is 1.58 bits per heavy atom. The number of benzene rings is 2. The van der Waals surface area contributed by atoms with E-state index in [-0.39, 0.29) is 19.8 Å². The van der Waals surface area contributed by atoms with Crippen LogP contribution in [0.4, 0.5) is 0 Å². The van der Waals surface area contributed by atoms with E-state index in [0.29, 0.717) is 53.4 Å². The number of ether oxygens (including phenoxy) is 5. The normalized spacial score (nSPS) is 10.2. The quantitative estimate of drug-likeness (QED) is 0.129. The fourth-order valence-electron chi connectivity index (χ4n) is 2.89.